The normalized spacial score (nSPS) is 10.6. The summed E-state index contributed by atoms with van der Waals surface area (Å²) < 4.78 is 11.6. The van der Waals surface area contributed by atoms with E-state index in [0.29, 0.717) is 24.5 Å². The lowest BCUT2D eigenvalue weighted by Gasteiger charge is -2.16. The Balaban J connectivity index is 1.83. The highest BCUT2D eigenvalue weighted by molar-refractivity contribution is 5.82. The van der Waals surface area contributed by atoms with E-state index < -0.39 is 4.92 Å². The topological polar surface area (TPSA) is 98.9 Å². The first kappa shape index (κ1) is 21.5. The highest BCUT2D eigenvalue weighted by atomic mass is 16.6. The SMILES string of the molecule is C=CCc1cc(/C=N\Nc2ncccc2[N+](=O)[O-])cc(OC)c1OCc1ccccc1. The molecule has 1 aromatic heterocycles. The summed E-state index contributed by atoms with van der Waals surface area (Å²) in [6, 6.07) is 16.4. The Morgan fingerprint density at radius 3 is 2.74 bits per heavy atom. The first-order valence-electron chi connectivity index (χ1n) is 9.49. The highest BCUT2D eigenvalue weighted by Gasteiger charge is 2.14. The van der Waals surface area contributed by atoms with E-state index in [2.05, 4.69) is 22.1 Å². The number of hydrazone groups is 1. The van der Waals surface area contributed by atoms with Gasteiger partial charge in [0.2, 0.25) is 5.82 Å². The van der Waals surface area contributed by atoms with Crippen molar-refractivity contribution in [1.82, 2.24) is 4.98 Å². The van der Waals surface area contributed by atoms with Crippen LogP contribution in [0.1, 0.15) is 16.7 Å². The summed E-state index contributed by atoms with van der Waals surface area (Å²) in [5.41, 5.74) is 5.12. The fraction of sp³-hybridized carbons (Fsp3) is 0.130. The number of nitro groups is 1. The molecule has 0 bridgehead atoms. The smallest absolute Gasteiger partial charge is 0.313 e. The van der Waals surface area contributed by atoms with Crippen molar-refractivity contribution in [3.63, 3.8) is 0 Å². The second-order valence-electron chi connectivity index (χ2n) is 6.48. The van der Waals surface area contributed by atoms with Gasteiger partial charge in [0.1, 0.15) is 6.61 Å². The van der Waals surface area contributed by atoms with E-state index in [-0.39, 0.29) is 11.5 Å². The molecule has 0 saturated heterocycles. The molecule has 0 spiro atoms. The van der Waals surface area contributed by atoms with E-state index in [9.17, 15) is 10.1 Å². The molecule has 0 aliphatic heterocycles. The van der Waals surface area contributed by atoms with E-state index in [0.717, 1.165) is 16.7 Å². The number of ether oxygens (including phenoxy) is 2. The molecule has 158 valence electrons. The minimum atomic E-state index is -0.519. The molecule has 31 heavy (non-hydrogen) atoms. The zero-order valence-corrected chi connectivity index (χ0v) is 17.0. The molecule has 1 heterocycles. The standard InChI is InChI=1S/C23H22N4O4/c1-3-8-19-13-18(15-25-26-23-20(27(28)29)11-7-12-24-23)14-21(30-2)22(19)31-16-17-9-5-4-6-10-17/h3-7,9-15H,1,8,16H2,2H3,(H,24,26)/b25-15-. The first-order chi connectivity index (χ1) is 15.1. The van der Waals surface area contributed by atoms with Crippen LogP contribution in [-0.2, 0) is 13.0 Å². The third kappa shape index (κ3) is 5.66. The van der Waals surface area contributed by atoms with Crippen LogP contribution in [0.4, 0.5) is 11.5 Å². The third-order valence-electron chi connectivity index (χ3n) is 4.33. The lowest BCUT2D eigenvalue weighted by molar-refractivity contribution is -0.384. The predicted octanol–water partition coefficient (Wildman–Crippen LogP) is 4.75. The molecule has 0 atom stereocenters. The number of aromatic nitrogens is 1. The van der Waals surface area contributed by atoms with Crippen LogP contribution in [0.5, 0.6) is 11.5 Å². The Morgan fingerprint density at radius 1 is 1.23 bits per heavy atom. The fourth-order valence-corrected chi connectivity index (χ4v) is 2.91. The van der Waals surface area contributed by atoms with Crippen LogP contribution in [0.25, 0.3) is 0 Å². The van der Waals surface area contributed by atoms with Crippen LogP contribution < -0.4 is 14.9 Å². The number of nitrogens with one attached hydrogen (secondary N) is 1. The summed E-state index contributed by atoms with van der Waals surface area (Å²) in [7, 11) is 1.57. The summed E-state index contributed by atoms with van der Waals surface area (Å²) in [6.07, 6.45) is 5.34. The minimum Gasteiger partial charge on any atom is -0.493 e. The number of hydrogen-bond acceptors (Lipinski definition) is 7. The molecule has 8 heteroatoms. The maximum absolute atomic E-state index is 11.1. The van der Waals surface area contributed by atoms with Crippen molar-refractivity contribution in [2.75, 3.05) is 12.5 Å². The minimum absolute atomic E-state index is 0.0600. The van der Waals surface area contributed by atoms with Crippen molar-refractivity contribution < 1.29 is 14.4 Å². The van der Waals surface area contributed by atoms with Gasteiger partial charge in [0.15, 0.2) is 11.5 Å². The van der Waals surface area contributed by atoms with Gasteiger partial charge in [-0.05, 0) is 35.7 Å². The van der Waals surface area contributed by atoms with Crippen molar-refractivity contribution in [3.05, 3.63) is 100 Å². The maximum atomic E-state index is 11.1. The second kappa shape index (κ2) is 10.5. The zero-order chi connectivity index (χ0) is 22.1. The number of pyridine rings is 1. The number of anilines is 1. The van der Waals surface area contributed by atoms with E-state index in [4.69, 9.17) is 9.47 Å². The average Bonchev–Trinajstić information content (AvgIpc) is 2.79. The zero-order valence-electron chi connectivity index (χ0n) is 17.0. The number of methoxy groups -OCH3 is 1. The van der Waals surface area contributed by atoms with Gasteiger partial charge in [0, 0.05) is 17.8 Å². The monoisotopic (exact) mass is 418 g/mol. The Hall–Kier alpha value is -4.20. The van der Waals surface area contributed by atoms with Crippen LogP contribution in [0.2, 0.25) is 0 Å². The summed E-state index contributed by atoms with van der Waals surface area (Å²) in [5.74, 6) is 1.25. The number of allylic oxidation sites excluding steroid dienone is 1. The van der Waals surface area contributed by atoms with E-state index in [1.807, 2.05) is 36.4 Å². The Labute approximate surface area is 180 Å². The van der Waals surface area contributed by atoms with E-state index in [1.54, 1.807) is 19.3 Å². The van der Waals surface area contributed by atoms with Crippen LogP contribution >= 0.6 is 0 Å². The Bertz CT molecular complexity index is 1080. The Kier molecular flexibility index (Phi) is 7.31. The molecule has 1 N–H and O–H groups in total. The second-order valence-corrected chi connectivity index (χ2v) is 6.48. The predicted molar refractivity (Wildman–Crippen MR) is 120 cm³/mol. The van der Waals surface area contributed by atoms with Gasteiger partial charge in [-0.2, -0.15) is 5.10 Å². The molecule has 2 aromatic carbocycles. The van der Waals surface area contributed by atoms with Crippen LogP contribution in [0.3, 0.4) is 0 Å². The number of benzene rings is 2. The molecule has 0 saturated carbocycles. The van der Waals surface area contributed by atoms with Crippen LogP contribution in [0, 0.1) is 10.1 Å². The molecule has 8 nitrogen and oxygen atoms in total. The van der Waals surface area contributed by atoms with Gasteiger partial charge in [-0.25, -0.2) is 4.98 Å². The molecule has 0 fully saturated rings. The average molecular weight is 418 g/mol. The van der Waals surface area contributed by atoms with E-state index >= 15 is 0 Å². The molecule has 3 rings (SSSR count). The van der Waals surface area contributed by atoms with E-state index in [1.165, 1.54) is 24.5 Å². The molecule has 0 unspecified atom stereocenters. The fourth-order valence-electron chi connectivity index (χ4n) is 2.91. The molecule has 3 aromatic rings. The summed E-state index contributed by atoms with van der Waals surface area (Å²) in [4.78, 5) is 14.5. The molecule has 0 aliphatic carbocycles. The van der Waals surface area contributed by atoms with Crippen LogP contribution in [0.15, 0.2) is 78.6 Å². The van der Waals surface area contributed by atoms with Gasteiger partial charge in [-0.3, -0.25) is 15.5 Å². The molecule has 0 aliphatic rings. The van der Waals surface area contributed by atoms with Crippen molar-refractivity contribution in [3.8, 4) is 11.5 Å². The number of hydrogen-bond donors (Lipinski definition) is 1. The van der Waals surface area contributed by atoms with Gasteiger partial charge >= 0.3 is 5.69 Å². The lowest BCUT2D eigenvalue weighted by atomic mass is 10.1. The Morgan fingerprint density at radius 2 is 2.03 bits per heavy atom. The summed E-state index contributed by atoms with van der Waals surface area (Å²) >= 11 is 0. The highest BCUT2D eigenvalue weighted by Crippen LogP contribution is 2.34. The first-order valence-corrected chi connectivity index (χ1v) is 9.49. The van der Waals surface area contributed by atoms with Crippen LogP contribution in [-0.4, -0.2) is 23.2 Å². The third-order valence-corrected chi connectivity index (χ3v) is 4.33. The number of rotatable bonds is 10. The van der Waals surface area contributed by atoms with Crippen molar-refractivity contribution >= 4 is 17.7 Å². The molecule has 0 amide bonds. The molecule has 0 radical (unpaired) electrons. The largest absolute Gasteiger partial charge is 0.493 e. The molecular weight excluding hydrogens is 396 g/mol. The van der Waals surface area contributed by atoms with Gasteiger partial charge in [-0.15, -0.1) is 6.58 Å². The van der Waals surface area contributed by atoms with Gasteiger partial charge in [0.05, 0.1) is 18.2 Å². The molecular formula is C23H22N4O4. The van der Waals surface area contributed by atoms with Gasteiger partial charge < -0.3 is 9.47 Å². The van der Waals surface area contributed by atoms with Crippen molar-refractivity contribution in [2.45, 2.75) is 13.0 Å². The van der Waals surface area contributed by atoms with Gasteiger partial charge in [0.25, 0.3) is 0 Å². The number of nitrogens with zero attached hydrogens (tertiary/aromatic N) is 3. The summed E-state index contributed by atoms with van der Waals surface area (Å²) in [5, 5.41) is 15.2. The van der Waals surface area contributed by atoms with Gasteiger partial charge in [-0.1, -0.05) is 36.4 Å². The summed E-state index contributed by atoms with van der Waals surface area (Å²) in [6.45, 7) is 4.22. The quantitative estimate of drug-likeness (QED) is 0.221. The van der Waals surface area contributed by atoms with Crippen molar-refractivity contribution in [2.24, 2.45) is 5.10 Å². The lowest BCUT2D eigenvalue weighted by Crippen LogP contribution is -2.03. The van der Waals surface area contributed by atoms with Crippen molar-refractivity contribution in [1.29, 1.82) is 0 Å². The maximum Gasteiger partial charge on any atom is 0.313 e.